The lowest BCUT2D eigenvalue weighted by Crippen LogP contribution is -2.25. The quantitative estimate of drug-likeness (QED) is 0.944. The van der Waals surface area contributed by atoms with E-state index < -0.39 is 0 Å². The molecule has 1 amide bonds. The summed E-state index contributed by atoms with van der Waals surface area (Å²) < 4.78 is 0. The van der Waals surface area contributed by atoms with Gasteiger partial charge in [-0.25, -0.2) is 9.97 Å². The Hall–Kier alpha value is -1.65. The van der Waals surface area contributed by atoms with E-state index in [1.54, 1.807) is 30.6 Å². The first kappa shape index (κ1) is 13.8. The number of nitrogens with one attached hydrogen (secondary N) is 1. The molecule has 6 heteroatoms. The van der Waals surface area contributed by atoms with Gasteiger partial charge in [-0.3, -0.25) is 4.79 Å². The van der Waals surface area contributed by atoms with Crippen LogP contribution in [0.1, 0.15) is 15.9 Å². The lowest BCUT2D eigenvalue weighted by Gasteiger charge is -2.06. The van der Waals surface area contributed by atoms with Crippen molar-refractivity contribution in [2.45, 2.75) is 6.42 Å². The van der Waals surface area contributed by atoms with E-state index in [1.165, 1.54) is 6.33 Å². The summed E-state index contributed by atoms with van der Waals surface area (Å²) in [6, 6.07) is 4.74. The van der Waals surface area contributed by atoms with E-state index in [2.05, 4.69) is 15.3 Å². The van der Waals surface area contributed by atoms with Gasteiger partial charge in [0.05, 0.1) is 0 Å². The van der Waals surface area contributed by atoms with Crippen LogP contribution < -0.4 is 5.32 Å². The monoisotopic (exact) mass is 295 g/mol. The summed E-state index contributed by atoms with van der Waals surface area (Å²) in [5, 5.41) is 3.67. The van der Waals surface area contributed by atoms with Crippen molar-refractivity contribution in [2.75, 3.05) is 6.54 Å². The standard InChI is InChI=1S/C13H11Cl2N3O/c14-11-3-10(4-12(15)5-11)13(19)18-2-1-9-6-16-8-17-7-9/h3-8H,1-2H2,(H,18,19). The van der Waals surface area contributed by atoms with Crippen LogP contribution in [-0.2, 0) is 6.42 Å². The maximum absolute atomic E-state index is 11.9. The smallest absolute Gasteiger partial charge is 0.251 e. The van der Waals surface area contributed by atoms with Crippen LogP contribution in [0.4, 0.5) is 0 Å². The number of rotatable bonds is 4. The molecule has 0 atom stereocenters. The fourth-order valence-corrected chi connectivity index (χ4v) is 2.09. The highest BCUT2D eigenvalue weighted by Crippen LogP contribution is 2.18. The third-order valence-corrected chi connectivity index (χ3v) is 2.87. The molecule has 19 heavy (non-hydrogen) atoms. The van der Waals surface area contributed by atoms with Crippen molar-refractivity contribution in [2.24, 2.45) is 0 Å². The highest BCUT2D eigenvalue weighted by Gasteiger charge is 2.07. The molecule has 1 aromatic carbocycles. The lowest BCUT2D eigenvalue weighted by molar-refractivity contribution is 0.0954. The Kier molecular flexibility index (Phi) is 4.71. The van der Waals surface area contributed by atoms with Gasteiger partial charge in [0, 0.05) is 34.5 Å². The van der Waals surface area contributed by atoms with Crippen LogP contribution in [0.15, 0.2) is 36.9 Å². The van der Waals surface area contributed by atoms with Crippen LogP contribution in [0.25, 0.3) is 0 Å². The lowest BCUT2D eigenvalue weighted by atomic mass is 10.2. The van der Waals surface area contributed by atoms with E-state index >= 15 is 0 Å². The molecule has 0 fully saturated rings. The predicted octanol–water partition coefficient (Wildman–Crippen LogP) is 2.76. The molecular weight excluding hydrogens is 285 g/mol. The molecule has 0 unspecified atom stereocenters. The number of benzene rings is 1. The van der Waals surface area contributed by atoms with Crippen LogP contribution in [0.3, 0.4) is 0 Å². The van der Waals surface area contributed by atoms with Gasteiger partial charge in [0.25, 0.3) is 5.91 Å². The molecule has 0 radical (unpaired) electrons. The molecule has 1 heterocycles. The highest BCUT2D eigenvalue weighted by molar-refractivity contribution is 6.35. The van der Waals surface area contributed by atoms with Crippen molar-refractivity contribution in [3.63, 3.8) is 0 Å². The third kappa shape index (κ3) is 4.19. The van der Waals surface area contributed by atoms with E-state index in [9.17, 15) is 4.79 Å². The number of hydrogen-bond donors (Lipinski definition) is 1. The molecule has 0 saturated carbocycles. The Bertz CT molecular complexity index is 555. The number of carbonyl (C=O) groups excluding carboxylic acids is 1. The molecule has 0 spiro atoms. The zero-order valence-electron chi connectivity index (χ0n) is 9.94. The number of nitrogens with zero attached hydrogens (tertiary/aromatic N) is 2. The molecule has 2 rings (SSSR count). The Morgan fingerprint density at radius 3 is 2.37 bits per heavy atom. The van der Waals surface area contributed by atoms with Crippen molar-refractivity contribution in [1.29, 1.82) is 0 Å². The zero-order valence-corrected chi connectivity index (χ0v) is 11.4. The summed E-state index contributed by atoms with van der Waals surface area (Å²) in [5.74, 6) is -0.207. The van der Waals surface area contributed by atoms with Gasteiger partial charge in [-0.2, -0.15) is 0 Å². The van der Waals surface area contributed by atoms with Crippen LogP contribution in [0.5, 0.6) is 0 Å². The van der Waals surface area contributed by atoms with Gasteiger partial charge in [0.1, 0.15) is 6.33 Å². The van der Waals surface area contributed by atoms with Crippen LogP contribution in [-0.4, -0.2) is 22.4 Å². The minimum Gasteiger partial charge on any atom is -0.352 e. The molecule has 0 aliphatic rings. The summed E-state index contributed by atoms with van der Waals surface area (Å²) in [6.07, 6.45) is 5.57. The summed E-state index contributed by atoms with van der Waals surface area (Å²) in [7, 11) is 0. The Labute approximate surface area is 120 Å². The van der Waals surface area contributed by atoms with E-state index in [4.69, 9.17) is 23.2 Å². The fraction of sp³-hybridized carbons (Fsp3) is 0.154. The molecule has 1 aromatic heterocycles. The molecule has 0 aliphatic carbocycles. The Morgan fingerprint density at radius 2 is 1.74 bits per heavy atom. The maximum Gasteiger partial charge on any atom is 0.251 e. The third-order valence-electron chi connectivity index (χ3n) is 2.44. The van der Waals surface area contributed by atoms with Crippen molar-refractivity contribution < 1.29 is 4.79 Å². The summed E-state index contributed by atoms with van der Waals surface area (Å²) in [6.45, 7) is 0.496. The molecule has 0 saturated heterocycles. The van der Waals surface area contributed by atoms with Gasteiger partial charge in [0.15, 0.2) is 0 Å². The maximum atomic E-state index is 11.9. The normalized spacial score (nSPS) is 10.2. The summed E-state index contributed by atoms with van der Waals surface area (Å²) in [4.78, 5) is 19.7. The van der Waals surface area contributed by atoms with Crippen LogP contribution >= 0.6 is 23.2 Å². The van der Waals surface area contributed by atoms with Crippen LogP contribution in [0, 0.1) is 0 Å². The van der Waals surface area contributed by atoms with Crippen molar-refractivity contribution in [3.8, 4) is 0 Å². The zero-order chi connectivity index (χ0) is 13.7. The minimum absolute atomic E-state index is 0.207. The average Bonchev–Trinajstić information content (AvgIpc) is 2.38. The van der Waals surface area contributed by atoms with Gasteiger partial charge in [-0.15, -0.1) is 0 Å². The Morgan fingerprint density at radius 1 is 1.11 bits per heavy atom. The van der Waals surface area contributed by atoms with E-state index in [-0.39, 0.29) is 5.91 Å². The first-order valence-electron chi connectivity index (χ1n) is 5.63. The number of amides is 1. The molecular formula is C13H11Cl2N3O. The van der Waals surface area contributed by atoms with E-state index in [0.717, 1.165) is 5.56 Å². The van der Waals surface area contributed by atoms with Gasteiger partial charge in [-0.1, -0.05) is 23.2 Å². The van der Waals surface area contributed by atoms with Gasteiger partial charge >= 0.3 is 0 Å². The van der Waals surface area contributed by atoms with Gasteiger partial charge in [0.2, 0.25) is 0 Å². The molecule has 4 nitrogen and oxygen atoms in total. The number of halogens is 2. The average molecular weight is 296 g/mol. The largest absolute Gasteiger partial charge is 0.352 e. The number of hydrogen-bond acceptors (Lipinski definition) is 3. The predicted molar refractivity (Wildman–Crippen MR) is 74.5 cm³/mol. The fourth-order valence-electron chi connectivity index (χ4n) is 1.57. The number of carbonyl (C=O) groups is 1. The first-order chi connectivity index (χ1) is 9.15. The second-order valence-electron chi connectivity index (χ2n) is 3.91. The Balaban J connectivity index is 1.91. The van der Waals surface area contributed by atoms with Crippen molar-refractivity contribution in [3.05, 3.63) is 58.1 Å². The first-order valence-corrected chi connectivity index (χ1v) is 6.39. The van der Waals surface area contributed by atoms with E-state index in [1.807, 2.05) is 0 Å². The van der Waals surface area contributed by atoms with Gasteiger partial charge in [-0.05, 0) is 30.2 Å². The van der Waals surface area contributed by atoms with E-state index in [0.29, 0.717) is 28.6 Å². The van der Waals surface area contributed by atoms with Gasteiger partial charge < -0.3 is 5.32 Å². The molecule has 2 aromatic rings. The SMILES string of the molecule is O=C(NCCc1cncnc1)c1cc(Cl)cc(Cl)c1. The van der Waals surface area contributed by atoms with Crippen LogP contribution in [0.2, 0.25) is 10.0 Å². The minimum atomic E-state index is -0.207. The molecule has 98 valence electrons. The second kappa shape index (κ2) is 6.50. The molecule has 1 N–H and O–H groups in total. The summed E-state index contributed by atoms with van der Waals surface area (Å²) >= 11 is 11.7. The van der Waals surface area contributed by atoms with Crippen molar-refractivity contribution in [1.82, 2.24) is 15.3 Å². The highest BCUT2D eigenvalue weighted by atomic mass is 35.5. The molecule has 0 aliphatic heterocycles. The number of aromatic nitrogens is 2. The van der Waals surface area contributed by atoms with Crippen molar-refractivity contribution >= 4 is 29.1 Å². The summed E-state index contributed by atoms with van der Waals surface area (Å²) in [5.41, 5.74) is 1.41. The topological polar surface area (TPSA) is 54.9 Å². The second-order valence-corrected chi connectivity index (χ2v) is 4.78. The molecule has 0 bridgehead atoms.